The zero-order valence-electron chi connectivity index (χ0n) is 21.9. The summed E-state index contributed by atoms with van der Waals surface area (Å²) in [4.78, 5) is 39.0. The lowest BCUT2D eigenvalue weighted by molar-refractivity contribution is -0.138. The second-order valence-electron chi connectivity index (χ2n) is 10.00. The van der Waals surface area contributed by atoms with Crippen molar-refractivity contribution in [3.63, 3.8) is 0 Å². The average Bonchev–Trinajstić information content (AvgIpc) is 3.77. The molecule has 208 valence electrons. The molecule has 3 aromatic rings. The van der Waals surface area contributed by atoms with Crippen molar-refractivity contribution in [3.05, 3.63) is 101 Å². The standard InChI is InChI=1S/C30H30F3N5O2/c31-30(32,33)24-11-5-4-10-23(24)27(39)38-20-18-37(19-21-38)26(25-12-6-7-16-34-25)36-29(14-15-29)28(40)35-17-13-22-8-2-1-3-9-22/h1-12,16H,13-15,17-21H2,(H,35,40). The molecular formula is C30H30F3N5O2. The van der Waals surface area contributed by atoms with E-state index in [1.165, 1.54) is 23.1 Å². The number of benzene rings is 2. The van der Waals surface area contributed by atoms with Crippen LogP contribution in [0.5, 0.6) is 0 Å². The van der Waals surface area contributed by atoms with Gasteiger partial charge in [0.1, 0.15) is 11.2 Å². The number of halogens is 3. The number of nitrogens with one attached hydrogen (secondary N) is 1. The van der Waals surface area contributed by atoms with Crippen LogP contribution in [0.1, 0.15) is 40.0 Å². The molecule has 2 heterocycles. The van der Waals surface area contributed by atoms with E-state index >= 15 is 0 Å². The normalized spacial score (nSPS) is 16.9. The van der Waals surface area contributed by atoms with Gasteiger partial charge in [-0.25, -0.2) is 4.99 Å². The molecule has 0 spiro atoms. The van der Waals surface area contributed by atoms with Crippen LogP contribution in [0.15, 0.2) is 84.0 Å². The van der Waals surface area contributed by atoms with Gasteiger partial charge in [-0.1, -0.05) is 48.5 Å². The van der Waals surface area contributed by atoms with Crippen molar-refractivity contribution < 1.29 is 22.8 Å². The van der Waals surface area contributed by atoms with Crippen molar-refractivity contribution in [2.24, 2.45) is 4.99 Å². The van der Waals surface area contributed by atoms with Crippen LogP contribution in [0.3, 0.4) is 0 Å². The second-order valence-corrected chi connectivity index (χ2v) is 10.00. The maximum atomic E-state index is 13.5. The number of pyridine rings is 1. The van der Waals surface area contributed by atoms with Crippen LogP contribution in [0.25, 0.3) is 0 Å². The largest absolute Gasteiger partial charge is 0.417 e. The topological polar surface area (TPSA) is 77.9 Å². The molecule has 40 heavy (non-hydrogen) atoms. The van der Waals surface area contributed by atoms with E-state index in [4.69, 9.17) is 4.99 Å². The molecule has 2 aromatic carbocycles. The Bertz CT molecular complexity index is 1370. The number of carbonyl (C=O) groups is 2. The summed E-state index contributed by atoms with van der Waals surface area (Å²) in [6.45, 7) is 1.63. The number of alkyl halides is 3. The third-order valence-corrected chi connectivity index (χ3v) is 7.23. The van der Waals surface area contributed by atoms with Gasteiger partial charge in [0.2, 0.25) is 5.91 Å². The maximum Gasteiger partial charge on any atom is 0.417 e. The molecule has 0 bridgehead atoms. The zero-order chi connectivity index (χ0) is 28.2. The van der Waals surface area contributed by atoms with Crippen LogP contribution < -0.4 is 5.32 Å². The van der Waals surface area contributed by atoms with Gasteiger partial charge in [0, 0.05) is 38.9 Å². The summed E-state index contributed by atoms with van der Waals surface area (Å²) in [6, 6.07) is 20.2. The molecule has 1 saturated carbocycles. The zero-order valence-corrected chi connectivity index (χ0v) is 21.9. The summed E-state index contributed by atoms with van der Waals surface area (Å²) < 4.78 is 40.5. The fourth-order valence-electron chi connectivity index (χ4n) is 4.83. The van der Waals surface area contributed by atoms with E-state index in [1.54, 1.807) is 12.3 Å². The van der Waals surface area contributed by atoms with Crippen molar-refractivity contribution in [3.8, 4) is 0 Å². The van der Waals surface area contributed by atoms with Crippen molar-refractivity contribution in [1.82, 2.24) is 20.1 Å². The Labute approximate surface area is 230 Å². The number of aromatic nitrogens is 1. The number of hydrogen-bond donors (Lipinski definition) is 1. The number of nitrogens with zero attached hydrogens (tertiary/aromatic N) is 4. The predicted molar refractivity (Wildman–Crippen MR) is 145 cm³/mol. The number of hydrogen-bond acceptors (Lipinski definition) is 4. The van der Waals surface area contributed by atoms with Crippen molar-refractivity contribution in [2.45, 2.75) is 31.0 Å². The summed E-state index contributed by atoms with van der Waals surface area (Å²) in [6.07, 6.45) is -1.02. The van der Waals surface area contributed by atoms with E-state index in [-0.39, 0.29) is 24.6 Å². The Morgan fingerprint density at radius 3 is 2.17 bits per heavy atom. The van der Waals surface area contributed by atoms with E-state index < -0.39 is 23.2 Å². The highest BCUT2D eigenvalue weighted by molar-refractivity contribution is 6.01. The first-order valence-electron chi connectivity index (χ1n) is 13.3. The van der Waals surface area contributed by atoms with Gasteiger partial charge in [0.15, 0.2) is 5.84 Å². The summed E-state index contributed by atoms with van der Waals surface area (Å²) in [5.41, 5.74) is -0.427. The van der Waals surface area contributed by atoms with E-state index in [1.807, 2.05) is 47.4 Å². The number of aliphatic imine (C=N–C) groups is 1. The minimum atomic E-state index is -4.62. The lowest BCUT2D eigenvalue weighted by Crippen LogP contribution is -2.51. The highest BCUT2D eigenvalue weighted by Gasteiger charge is 2.51. The quantitative estimate of drug-likeness (QED) is 0.354. The number of rotatable bonds is 7. The number of carbonyl (C=O) groups excluding carboxylic acids is 2. The fourth-order valence-corrected chi connectivity index (χ4v) is 4.83. The van der Waals surface area contributed by atoms with Crippen molar-refractivity contribution in [1.29, 1.82) is 0 Å². The summed E-state index contributed by atoms with van der Waals surface area (Å²) in [7, 11) is 0. The molecule has 0 radical (unpaired) electrons. The molecule has 2 aliphatic rings. The van der Waals surface area contributed by atoms with Crippen molar-refractivity contribution >= 4 is 17.6 Å². The monoisotopic (exact) mass is 549 g/mol. The summed E-state index contributed by atoms with van der Waals surface area (Å²) in [5, 5.41) is 3.02. The molecule has 2 amide bonds. The van der Waals surface area contributed by atoms with Gasteiger partial charge >= 0.3 is 6.18 Å². The highest BCUT2D eigenvalue weighted by Crippen LogP contribution is 2.41. The van der Waals surface area contributed by atoms with E-state index in [0.717, 1.165) is 11.6 Å². The van der Waals surface area contributed by atoms with E-state index in [9.17, 15) is 22.8 Å². The molecule has 2 fully saturated rings. The van der Waals surface area contributed by atoms with Gasteiger partial charge in [-0.3, -0.25) is 14.6 Å². The molecule has 1 aromatic heterocycles. The van der Waals surface area contributed by atoms with Crippen LogP contribution >= 0.6 is 0 Å². The van der Waals surface area contributed by atoms with E-state index in [2.05, 4.69) is 10.3 Å². The molecule has 10 heteroatoms. The third-order valence-electron chi connectivity index (χ3n) is 7.23. The Morgan fingerprint density at radius 2 is 1.52 bits per heavy atom. The highest BCUT2D eigenvalue weighted by atomic mass is 19.4. The number of amidine groups is 1. The first-order chi connectivity index (χ1) is 19.3. The minimum Gasteiger partial charge on any atom is -0.354 e. The van der Waals surface area contributed by atoms with Gasteiger partial charge in [-0.05, 0) is 49.1 Å². The second kappa shape index (κ2) is 11.5. The smallest absolute Gasteiger partial charge is 0.354 e. The molecular weight excluding hydrogens is 519 g/mol. The lowest BCUT2D eigenvalue weighted by Gasteiger charge is -2.37. The summed E-state index contributed by atoms with van der Waals surface area (Å²) in [5.74, 6) is -0.228. The summed E-state index contributed by atoms with van der Waals surface area (Å²) >= 11 is 0. The Hall–Kier alpha value is -4.21. The Morgan fingerprint density at radius 1 is 0.875 bits per heavy atom. The first-order valence-corrected chi connectivity index (χ1v) is 13.3. The molecule has 0 unspecified atom stereocenters. The van der Waals surface area contributed by atoms with Gasteiger partial charge < -0.3 is 15.1 Å². The van der Waals surface area contributed by atoms with Crippen molar-refractivity contribution in [2.75, 3.05) is 32.7 Å². The molecule has 1 saturated heterocycles. The average molecular weight is 550 g/mol. The van der Waals surface area contributed by atoms with Crippen LogP contribution in [-0.4, -0.2) is 70.7 Å². The number of amides is 2. The third kappa shape index (κ3) is 6.16. The fraction of sp³-hybridized carbons (Fsp3) is 0.333. The minimum absolute atomic E-state index is 0.130. The predicted octanol–water partition coefficient (Wildman–Crippen LogP) is 4.20. The van der Waals surface area contributed by atoms with E-state index in [0.29, 0.717) is 50.4 Å². The van der Waals surface area contributed by atoms with Gasteiger partial charge in [0.25, 0.3) is 5.91 Å². The number of piperazine rings is 1. The van der Waals surface area contributed by atoms with Crippen LogP contribution in [-0.2, 0) is 17.4 Å². The molecule has 7 nitrogen and oxygen atoms in total. The van der Waals surface area contributed by atoms with Crippen LogP contribution in [0.2, 0.25) is 0 Å². The lowest BCUT2D eigenvalue weighted by atomic mass is 10.1. The van der Waals surface area contributed by atoms with Gasteiger partial charge in [0.05, 0.1) is 11.1 Å². The molecule has 5 rings (SSSR count). The Kier molecular flexibility index (Phi) is 7.86. The molecule has 1 aliphatic carbocycles. The first kappa shape index (κ1) is 27.4. The maximum absolute atomic E-state index is 13.5. The molecule has 0 atom stereocenters. The van der Waals surface area contributed by atoms with Gasteiger partial charge in [-0.15, -0.1) is 0 Å². The van der Waals surface area contributed by atoms with Crippen LogP contribution in [0.4, 0.5) is 13.2 Å². The van der Waals surface area contributed by atoms with Crippen LogP contribution in [0, 0.1) is 0 Å². The SMILES string of the molecule is O=C(c1ccccc1C(F)(F)F)N1CCN(C(=NC2(C(=O)NCCc3ccccc3)CC2)c2ccccn2)CC1. The molecule has 1 aliphatic heterocycles. The van der Waals surface area contributed by atoms with Gasteiger partial charge in [-0.2, -0.15) is 13.2 Å². The molecule has 1 N–H and O–H groups in total. The Balaban J connectivity index is 1.29.